The van der Waals surface area contributed by atoms with Gasteiger partial charge >= 0.3 is 0 Å². The maximum Gasteiger partial charge on any atom is 0.159 e. The summed E-state index contributed by atoms with van der Waals surface area (Å²) in [7, 11) is 5.03. The predicted octanol–water partition coefficient (Wildman–Crippen LogP) is 1.98. The lowest BCUT2D eigenvalue weighted by molar-refractivity contribution is 0.395. The Balaban J connectivity index is 2.56. The van der Waals surface area contributed by atoms with Gasteiger partial charge in [-0.2, -0.15) is 5.26 Å². The van der Waals surface area contributed by atoms with Crippen molar-refractivity contribution in [2.45, 2.75) is 0 Å². The van der Waals surface area contributed by atoms with Crippen LogP contribution in [0.1, 0.15) is 5.69 Å². The van der Waals surface area contributed by atoms with Crippen molar-refractivity contribution in [1.82, 2.24) is 9.55 Å². The van der Waals surface area contributed by atoms with Crippen molar-refractivity contribution in [2.24, 2.45) is 7.05 Å². The standard InChI is InChI=1S/C13H13N3O2/c1-16-8-9(7-14)15-13(16)11-5-4-10(17-2)6-12(11)18-3/h4-6,8H,1-3H3. The lowest BCUT2D eigenvalue weighted by atomic mass is 10.2. The maximum atomic E-state index is 8.85. The largest absolute Gasteiger partial charge is 0.497 e. The molecule has 0 unspecified atom stereocenters. The Morgan fingerprint density at radius 2 is 2.06 bits per heavy atom. The van der Waals surface area contributed by atoms with Gasteiger partial charge in [-0.1, -0.05) is 0 Å². The van der Waals surface area contributed by atoms with Crippen molar-refractivity contribution in [3.8, 4) is 29.0 Å². The molecule has 0 atom stereocenters. The van der Waals surface area contributed by atoms with Crippen LogP contribution in [0.5, 0.6) is 11.5 Å². The molecule has 1 aromatic heterocycles. The van der Waals surface area contributed by atoms with Gasteiger partial charge in [0.1, 0.15) is 23.4 Å². The second-order valence-electron chi connectivity index (χ2n) is 3.74. The fourth-order valence-electron chi connectivity index (χ4n) is 1.75. The number of rotatable bonds is 3. The molecule has 5 nitrogen and oxygen atoms in total. The first kappa shape index (κ1) is 12.0. The van der Waals surface area contributed by atoms with Gasteiger partial charge in [0.15, 0.2) is 5.69 Å². The summed E-state index contributed by atoms with van der Waals surface area (Å²) in [6.45, 7) is 0. The first-order valence-corrected chi connectivity index (χ1v) is 5.35. The third kappa shape index (κ3) is 2.00. The number of nitriles is 1. The van der Waals surface area contributed by atoms with Gasteiger partial charge in [-0.15, -0.1) is 0 Å². The molecule has 5 heteroatoms. The van der Waals surface area contributed by atoms with Crippen molar-refractivity contribution >= 4 is 0 Å². The Kier molecular flexibility index (Phi) is 3.20. The summed E-state index contributed by atoms with van der Waals surface area (Å²) in [4.78, 5) is 4.24. The molecule has 0 saturated heterocycles. The predicted molar refractivity (Wildman–Crippen MR) is 66.5 cm³/mol. The number of methoxy groups -OCH3 is 2. The number of benzene rings is 1. The van der Waals surface area contributed by atoms with Gasteiger partial charge in [-0.3, -0.25) is 0 Å². The van der Waals surface area contributed by atoms with Gasteiger partial charge in [0.2, 0.25) is 0 Å². The molecule has 0 N–H and O–H groups in total. The van der Waals surface area contributed by atoms with E-state index in [0.717, 1.165) is 5.56 Å². The van der Waals surface area contributed by atoms with E-state index in [4.69, 9.17) is 14.7 Å². The van der Waals surface area contributed by atoms with Gasteiger partial charge in [-0.25, -0.2) is 4.98 Å². The first-order valence-electron chi connectivity index (χ1n) is 5.35. The number of hydrogen-bond donors (Lipinski definition) is 0. The van der Waals surface area contributed by atoms with Crippen LogP contribution in [-0.2, 0) is 7.05 Å². The van der Waals surface area contributed by atoms with E-state index in [0.29, 0.717) is 23.0 Å². The molecule has 2 aromatic rings. The highest BCUT2D eigenvalue weighted by atomic mass is 16.5. The highest BCUT2D eigenvalue weighted by Crippen LogP contribution is 2.32. The van der Waals surface area contributed by atoms with E-state index in [-0.39, 0.29) is 0 Å². The summed E-state index contributed by atoms with van der Waals surface area (Å²) in [6.07, 6.45) is 1.68. The van der Waals surface area contributed by atoms with Crippen LogP contribution in [-0.4, -0.2) is 23.8 Å². The van der Waals surface area contributed by atoms with E-state index in [2.05, 4.69) is 4.98 Å². The van der Waals surface area contributed by atoms with Crippen LogP contribution in [0.15, 0.2) is 24.4 Å². The molecule has 0 bridgehead atoms. The fourth-order valence-corrected chi connectivity index (χ4v) is 1.75. The van der Waals surface area contributed by atoms with Crippen molar-refractivity contribution in [3.05, 3.63) is 30.1 Å². The molecule has 0 fully saturated rings. The van der Waals surface area contributed by atoms with E-state index in [9.17, 15) is 0 Å². The second kappa shape index (κ2) is 4.80. The van der Waals surface area contributed by atoms with Gasteiger partial charge < -0.3 is 14.0 Å². The molecule has 1 heterocycles. The van der Waals surface area contributed by atoms with Crippen molar-refractivity contribution in [3.63, 3.8) is 0 Å². The Labute approximate surface area is 105 Å². The molecular weight excluding hydrogens is 230 g/mol. The van der Waals surface area contributed by atoms with Crippen LogP contribution in [0.25, 0.3) is 11.4 Å². The third-order valence-corrected chi connectivity index (χ3v) is 2.64. The van der Waals surface area contributed by atoms with Crippen molar-refractivity contribution in [1.29, 1.82) is 5.26 Å². The molecule has 0 amide bonds. The van der Waals surface area contributed by atoms with E-state index >= 15 is 0 Å². The molecule has 1 aromatic carbocycles. The number of nitrogens with zero attached hydrogens (tertiary/aromatic N) is 3. The minimum Gasteiger partial charge on any atom is -0.497 e. The highest BCUT2D eigenvalue weighted by Gasteiger charge is 2.13. The molecular formula is C13H13N3O2. The van der Waals surface area contributed by atoms with E-state index in [1.54, 1.807) is 31.0 Å². The van der Waals surface area contributed by atoms with Crippen LogP contribution in [0.2, 0.25) is 0 Å². The average molecular weight is 243 g/mol. The minimum absolute atomic E-state index is 0.380. The van der Waals surface area contributed by atoms with Crippen molar-refractivity contribution < 1.29 is 9.47 Å². The topological polar surface area (TPSA) is 60.1 Å². The highest BCUT2D eigenvalue weighted by molar-refractivity contribution is 5.66. The lowest BCUT2D eigenvalue weighted by Gasteiger charge is -2.09. The Morgan fingerprint density at radius 3 is 2.61 bits per heavy atom. The zero-order chi connectivity index (χ0) is 13.1. The van der Waals surface area contributed by atoms with E-state index < -0.39 is 0 Å². The second-order valence-corrected chi connectivity index (χ2v) is 3.74. The summed E-state index contributed by atoms with van der Waals surface area (Å²) in [5, 5.41) is 8.85. The number of hydrogen-bond acceptors (Lipinski definition) is 4. The molecule has 0 aliphatic rings. The summed E-state index contributed by atoms with van der Waals surface area (Å²) in [5.41, 5.74) is 1.20. The van der Waals surface area contributed by atoms with E-state index in [1.165, 1.54) is 0 Å². The molecule has 0 aliphatic carbocycles. The number of aromatic nitrogens is 2. The Morgan fingerprint density at radius 1 is 1.28 bits per heavy atom. The number of aryl methyl sites for hydroxylation is 1. The van der Waals surface area contributed by atoms with E-state index in [1.807, 2.05) is 25.2 Å². The van der Waals surface area contributed by atoms with Gasteiger partial charge in [-0.05, 0) is 12.1 Å². The van der Waals surface area contributed by atoms with Gasteiger partial charge in [0.25, 0.3) is 0 Å². The Bertz CT molecular complexity index is 611. The minimum atomic E-state index is 0.380. The van der Waals surface area contributed by atoms with Gasteiger partial charge in [0.05, 0.1) is 19.8 Å². The fraction of sp³-hybridized carbons (Fsp3) is 0.231. The number of ether oxygens (including phenoxy) is 2. The first-order chi connectivity index (χ1) is 8.69. The van der Waals surface area contributed by atoms with Crippen LogP contribution in [0.4, 0.5) is 0 Å². The Hall–Kier alpha value is -2.48. The monoisotopic (exact) mass is 243 g/mol. The molecule has 0 spiro atoms. The summed E-state index contributed by atoms with van der Waals surface area (Å²) >= 11 is 0. The molecule has 92 valence electrons. The summed E-state index contributed by atoms with van der Waals surface area (Å²) in [5.74, 6) is 2.06. The molecule has 0 aliphatic heterocycles. The summed E-state index contributed by atoms with van der Waals surface area (Å²) < 4.78 is 12.3. The lowest BCUT2D eigenvalue weighted by Crippen LogP contribution is -1.95. The quantitative estimate of drug-likeness (QED) is 0.827. The molecule has 18 heavy (non-hydrogen) atoms. The van der Waals surface area contributed by atoms with Crippen LogP contribution >= 0.6 is 0 Å². The molecule has 2 rings (SSSR count). The normalized spacial score (nSPS) is 9.89. The maximum absolute atomic E-state index is 8.85. The number of imidazole rings is 1. The van der Waals surface area contributed by atoms with Crippen LogP contribution < -0.4 is 9.47 Å². The smallest absolute Gasteiger partial charge is 0.159 e. The molecule has 0 radical (unpaired) electrons. The van der Waals surface area contributed by atoms with Gasteiger partial charge in [0, 0.05) is 19.3 Å². The third-order valence-electron chi connectivity index (χ3n) is 2.64. The van der Waals surface area contributed by atoms with Crippen LogP contribution in [0.3, 0.4) is 0 Å². The zero-order valence-corrected chi connectivity index (χ0v) is 10.5. The molecule has 0 saturated carbocycles. The zero-order valence-electron chi connectivity index (χ0n) is 10.5. The van der Waals surface area contributed by atoms with Crippen molar-refractivity contribution in [2.75, 3.05) is 14.2 Å². The summed E-state index contributed by atoms with van der Waals surface area (Å²) in [6, 6.07) is 7.50. The average Bonchev–Trinajstić information content (AvgIpc) is 2.79. The van der Waals surface area contributed by atoms with Crippen LogP contribution in [0, 0.1) is 11.3 Å². The SMILES string of the molecule is COc1ccc(-c2nc(C#N)cn2C)c(OC)c1.